The molecule has 4 rings (SSSR count). The summed E-state index contributed by atoms with van der Waals surface area (Å²) in [5.74, 6) is -0.956. The molecule has 3 aromatic rings. The molecule has 0 bridgehead atoms. The van der Waals surface area contributed by atoms with Crippen LogP contribution in [-0.2, 0) is 32.4 Å². The van der Waals surface area contributed by atoms with Crippen LogP contribution in [-0.4, -0.2) is 43.7 Å². The molecule has 0 unspecified atom stereocenters. The van der Waals surface area contributed by atoms with Crippen LogP contribution in [0.15, 0.2) is 47.4 Å². The molecule has 166 valence electrons. The van der Waals surface area contributed by atoms with Gasteiger partial charge in [0.1, 0.15) is 6.61 Å². The molecule has 1 aliphatic carbocycles. The fraction of sp³-hybridized carbons (Fsp3) is 0.190. The molecule has 0 atom stereocenters. The molecular formula is C21H21N5O5S. The van der Waals surface area contributed by atoms with E-state index in [9.17, 15) is 18.0 Å². The molecule has 5 N–H and O–H groups in total. The zero-order chi connectivity index (χ0) is 23.0. The highest BCUT2D eigenvalue weighted by Gasteiger charge is 2.28. The zero-order valence-corrected chi connectivity index (χ0v) is 18.0. The lowest BCUT2D eigenvalue weighted by Crippen LogP contribution is -2.17. The average Bonchev–Trinajstić information content (AvgIpc) is 3.14. The number of hydrogen-bond acceptors (Lipinski definition) is 6. The van der Waals surface area contributed by atoms with Crippen molar-refractivity contribution < 1.29 is 22.7 Å². The third-order valence-electron chi connectivity index (χ3n) is 5.20. The number of nitrogens with zero attached hydrogens (tertiary/aromatic N) is 2. The Kier molecular flexibility index (Phi) is 5.55. The van der Waals surface area contributed by atoms with E-state index < -0.39 is 15.9 Å². The number of carbonyl (C=O) groups is 2. The normalized spacial score (nSPS) is 12.7. The highest BCUT2D eigenvalue weighted by atomic mass is 32.2. The van der Waals surface area contributed by atoms with Crippen molar-refractivity contribution in [3.8, 4) is 16.9 Å². The number of aromatic nitrogens is 2. The summed E-state index contributed by atoms with van der Waals surface area (Å²) in [5.41, 5.74) is 9.98. The van der Waals surface area contributed by atoms with Crippen LogP contribution in [0, 0.1) is 0 Å². The molecule has 0 fully saturated rings. The maximum atomic E-state index is 12.1. The number of sulfonamides is 1. The molecule has 11 heteroatoms. The summed E-state index contributed by atoms with van der Waals surface area (Å²) in [6.07, 6.45) is 1.23. The summed E-state index contributed by atoms with van der Waals surface area (Å²) in [5, 5.41) is 12.4. The number of nitrogens with two attached hydrogens (primary N) is 2. The predicted octanol–water partition coefficient (Wildman–Crippen LogP) is 0.969. The predicted molar refractivity (Wildman–Crippen MR) is 117 cm³/mol. The van der Waals surface area contributed by atoms with Crippen molar-refractivity contribution in [3.63, 3.8) is 0 Å². The van der Waals surface area contributed by atoms with Gasteiger partial charge in [-0.15, -0.1) is 0 Å². The molecule has 2 amide bonds. The number of primary sulfonamides is 1. The maximum Gasteiger partial charge on any atom is 0.269 e. The van der Waals surface area contributed by atoms with Gasteiger partial charge in [0.05, 0.1) is 16.3 Å². The van der Waals surface area contributed by atoms with E-state index in [1.807, 2.05) is 12.1 Å². The van der Waals surface area contributed by atoms with Crippen LogP contribution in [0.25, 0.3) is 16.9 Å². The van der Waals surface area contributed by atoms with Gasteiger partial charge in [-0.2, -0.15) is 5.10 Å². The average molecular weight is 455 g/mol. The molecule has 1 heterocycles. The van der Waals surface area contributed by atoms with Gasteiger partial charge in [-0.25, -0.2) is 18.2 Å². The topological polar surface area (TPSA) is 159 Å². The van der Waals surface area contributed by atoms with Crippen molar-refractivity contribution in [2.24, 2.45) is 10.9 Å². The monoisotopic (exact) mass is 455 g/mol. The molecule has 0 aliphatic heterocycles. The van der Waals surface area contributed by atoms with E-state index in [0.717, 1.165) is 11.1 Å². The minimum atomic E-state index is -3.85. The smallest absolute Gasteiger partial charge is 0.269 e. The molecule has 0 radical (unpaired) electrons. The minimum Gasteiger partial charge on any atom is -0.375 e. The molecule has 1 aliphatic rings. The van der Waals surface area contributed by atoms with Gasteiger partial charge in [0.2, 0.25) is 15.9 Å². The molecule has 32 heavy (non-hydrogen) atoms. The van der Waals surface area contributed by atoms with Crippen LogP contribution in [0.3, 0.4) is 0 Å². The Bertz CT molecular complexity index is 1330. The summed E-state index contributed by atoms with van der Waals surface area (Å²) in [6.45, 7) is -0.0809. The highest BCUT2D eigenvalue weighted by molar-refractivity contribution is 7.89. The van der Waals surface area contributed by atoms with Crippen molar-refractivity contribution in [2.45, 2.75) is 17.7 Å². The Morgan fingerprint density at radius 2 is 1.88 bits per heavy atom. The lowest BCUT2D eigenvalue weighted by atomic mass is 9.88. The first-order chi connectivity index (χ1) is 15.2. The van der Waals surface area contributed by atoms with Gasteiger partial charge >= 0.3 is 0 Å². The summed E-state index contributed by atoms with van der Waals surface area (Å²) in [7, 11) is -2.42. The summed E-state index contributed by atoms with van der Waals surface area (Å²) < 4.78 is 29.6. The fourth-order valence-electron chi connectivity index (χ4n) is 3.81. The van der Waals surface area contributed by atoms with Crippen molar-refractivity contribution in [1.82, 2.24) is 9.78 Å². The minimum absolute atomic E-state index is 0.0408. The van der Waals surface area contributed by atoms with Crippen molar-refractivity contribution in [1.29, 1.82) is 0 Å². The number of carbonyl (C=O) groups excluding carboxylic acids is 2. The molecule has 10 nitrogen and oxygen atoms in total. The van der Waals surface area contributed by atoms with E-state index in [4.69, 9.17) is 15.6 Å². The van der Waals surface area contributed by atoms with Crippen LogP contribution in [0.5, 0.6) is 0 Å². The van der Waals surface area contributed by atoms with E-state index in [0.29, 0.717) is 35.5 Å². The van der Waals surface area contributed by atoms with E-state index in [-0.39, 0.29) is 23.1 Å². The number of anilines is 1. The summed E-state index contributed by atoms with van der Waals surface area (Å²) >= 11 is 0. The first-order valence-corrected chi connectivity index (χ1v) is 11.2. The van der Waals surface area contributed by atoms with Crippen molar-refractivity contribution in [2.75, 3.05) is 19.0 Å². The van der Waals surface area contributed by atoms with Crippen LogP contribution >= 0.6 is 0 Å². The number of primary amides is 1. The number of nitrogens with one attached hydrogen (secondary N) is 1. The van der Waals surface area contributed by atoms with Crippen molar-refractivity contribution >= 4 is 27.5 Å². The Hall–Kier alpha value is -3.54. The number of ether oxygens (including phenoxy) is 1. The number of amides is 2. The second-order valence-electron chi connectivity index (χ2n) is 7.34. The molecular weight excluding hydrogens is 434 g/mol. The lowest BCUT2D eigenvalue weighted by Gasteiger charge is -2.20. The zero-order valence-electron chi connectivity index (χ0n) is 17.2. The Labute approximate surface area is 184 Å². The largest absolute Gasteiger partial charge is 0.375 e. The van der Waals surface area contributed by atoms with E-state index >= 15 is 0 Å². The van der Waals surface area contributed by atoms with Crippen LogP contribution in [0.2, 0.25) is 0 Å². The quantitative estimate of drug-likeness (QED) is 0.502. The number of aryl methyl sites for hydroxylation is 1. The van der Waals surface area contributed by atoms with E-state index in [2.05, 4.69) is 10.4 Å². The van der Waals surface area contributed by atoms with Gasteiger partial charge in [0, 0.05) is 23.9 Å². The number of hydrogen-bond donors (Lipinski definition) is 3. The SMILES string of the molecule is COCC(=O)Nc1ccc2c(c1)-c1c(c(C(N)=O)nn1-c1ccc(S(N)(=O)=O)cc1)CC2. The van der Waals surface area contributed by atoms with Gasteiger partial charge < -0.3 is 15.8 Å². The van der Waals surface area contributed by atoms with Gasteiger partial charge in [-0.3, -0.25) is 9.59 Å². The number of fused-ring (bicyclic) bond motifs is 3. The first-order valence-electron chi connectivity index (χ1n) is 9.66. The molecule has 2 aromatic carbocycles. The highest BCUT2D eigenvalue weighted by Crippen LogP contribution is 2.38. The Morgan fingerprint density at radius 3 is 2.50 bits per heavy atom. The Morgan fingerprint density at radius 1 is 1.16 bits per heavy atom. The molecule has 0 saturated carbocycles. The number of rotatable bonds is 6. The molecule has 1 aromatic heterocycles. The number of methoxy groups -OCH3 is 1. The fourth-order valence-corrected chi connectivity index (χ4v) is 4.32. The Balaban J connectivity index is 1.86. The van der Waals surface area contributed by atoms with E-state index in [1.54, 1.807) is 22.9 Å². The van der Waals surface area contributed by atoms with Gasteiger partial charge in [-0.1, -0.05) is 6.07 Å². The third kappa shape index (κ3) is 4.00. The van der Waals surface area contributed by atoms with Gasteiger partial charge in [-0.05, 0) is 54.8 Å². The maximum absolute atomic E-state index is 12.1. The summed E-state index contributed by atoms with van der Waals surface area (Å²) in [4.78, 5) is 24.0. The van der Waals surface area contributed by atoms with E-state index in [1.165, 1.54) is 19.2 Å². The summed E-state index contributed by atoms with van der Waals surface area (Å²) in [6, 6.07) is 11.4. The van der Waals surface area contributed by atoms with Crippen LogP contribution in [0.1, 0.15) is 21.6 Å². The number of benzene rings is 2. The lowest BCUT2D eigenvalue weighted by molar-refractivity contribution is -0.119. The van der Waals surface area contributed by atoms with Crippen LogP contribution in [0.4, 0.5) is 5.69 Å². The first kappa shape index (κ1) is 21.7. The third-order valence-corrected chi connectivity index (χ3v) is 6.12. The molecule has 0 saturated heterocycles. The second kappa shape index (κ2) is 8.19. The standard InChI is InChI=1S/C21H21N5O5S/c1-31-11-18(27)24-13-4-2-12-3-9-16-19(21(22)28)25-26(20(16)17(12)10-13)14-5-7-15(8-6-14)32(23,29)30/h2,4-8,10H,3,9,11H2,1H3,(H2,22,28)(H,24,27)(H2,23,29,30). The van der Waals surface area contributed by atoms with Crippen LogP contribution < -0.4 is 16.2 Å². The molecule has 0 spiro atoms. The van der Waals surface area contributed by atoms with Gasteiger partial charge in [0.25, 0.3) is 5.91 Å². The second-order valence-corrected chi connectivity index (χ2v) is 8.91. The van der Waals surface area contributed by atoms with Gasteiger partial charge in [0.15, 0.2) is 5.69 Å². The van der Waals surface area contributed by atoms with Crippen molar-refractivity contribution in [3.05, 3.63) is 59.3 Å².